The van der Waals surface area contributed by atoms with E-state index in [1.54, 1.807) is 25.1 Å². The molecule has 0 aliphatic heterocycles. The maximum Gasteiger partial charge on any atom is 0.330 e. The number of thiocarbonyl (C=S) groups is 1. The van der Waals surface area contributed by atoms with E-state index in [1.807, 2.05) is 0 Å². The summed E-state index contributed by atoms with van der Waals surface area (Å²) in [7, 11) is 0. The molecule has 0 heterocycles. The van der Waals surface area contributed by atoms with Gasteiger partial charge in [0.2, 0.25) is 5.91 Å². The van der Waals surface area contributed by atoms with Crippen molar-refractivity contribution in [2.24, 2.45) is 0 Å². The maximum atomic E-state index is 11.8. The number of esters is 1. The van der Waals surface area contributed by atoms with Gasteiger partial charge in [-0.2, -0.15) is 0 Å². The molecule has 0 aliphatic carbocycles. The molecule has 7 nitrogen and oxygen atoms in total. The third-order valence-electron chi connectivity index (χ3n) is 2.30. The standard InChI is InChI=1S/C14H14ClN3O4S/c1-2-22-12(20)8-7-11(19)16-14(23)18-17-13(21)9-5-3-4-6-10(9)15/h3-8H,2H2,1H3,(H,17,21)(H2,16,18,19,23)/b8-7+. The van der Waals surface area contributed by atoms with Crippen LogP contribution in [-0.2, 0) is 14.3 Å². The summed E-state index contributed by atoms with van der Waals surface area (Å²) in [6, 6.07) is 6.44. The van der Waals surface area contributed by atoms with Crippen LogP contribution in [0.3, 0.4) is 0 Å². The molecule has 122 valence electrons. The molecule has 0 fully saturated rings. The molecular formula is C14H14ClN3O4S. The Balaban J connectivity index is 2.42. The average Bonchev–Trinajstić information content (AvgIpc) is 2.51. The van der Waals surface area contributed by atoms with Crippen LogP contribution in [0.1, 0.15) is 17.3 Å². The molecule has 0 spiro atoms. The molecule has 1 rings (SSSR count). The minimum Gasteiger partial charge on any atom is -0.463 e. The van der Waals surface area contributed by atoms with E-state index in [2.05, 4.69) is 20.9 Å². The van der Waals surface area contributed by atoms with Gasteiger partial charge < -0.3 is 4.74 Å². The average molecular weight is 356 g/mol. The lowest BCUT2D eigenvalue weighted by Gasteiger charge is -2.10. The lowest BCUT2D eigenvalue weighted by Crippen LogP contribution is -2.48. The monoisotopic (exact) mass is 355 g/mol. The van der Waals surface area contributed by atoms with Crippen LogP contribution in [0.4, 0.5) is 0 Å². The summed E-state index contributed by atoms with van der Waals surface area (Å²) < 4.78 is 4.61. The summed E-state index contributed by atoms with van der Waals surface area (Å²) in [4.78, 5) is 34.3. The predicted octanol–water partition coefficient (Wildman–Crippen LogP) is 1.09. The summed E-state index contributed by atoms with van der Waals surface area (Å²) in [6.45, 7) is 1.85. The molecule has 0 saturated carbocycles. The van der Waals surface area contributed by atoms with Crippen molar-refractivity contribution in [2.75, 3.05) is 6.61 Å². The van der Waals surface area contributed by atoms with Crippen molar-refractivity contribution in [1.29, 1.82) is 0 Å². The van der Waals surface area contributed by atoms with Crippen LogP contribution in [0.15, 0.2) is 36.4 Å². The summed E-state index contributed by atoms with van der Waals surface area (Å²) in [5.41, 5.74) is 4.88. The van der Waals surface area contributed by atoms with Crippen molar-refractivity contribution in [3.05, 3.63) is 47.0 Å². The summed E-state index contributed by atoms with van der Waals surface area (Å²) in [5, 5.41) is 2.37. The van der Waals surface area contributed by atoms with Gasteiger partial charge in [0, 0.05) is 12.2 Å². The van der Waals surface area contributed by atoms with E-state index in [4.69, 9.17) is 23.8 Å². The van der Waals surface area contributed by atoms with Gasteiger partial charge in [0.15, 0.2) is 5.11 Å². The van der Waals surface area contributed by atoms with Crippen LogP contribution in [-0.4, -0.2) is 29.5 Å². The number of amides is 2. The Morgan fingerprint density at radius 1 is 1.22 bits per heavy atom. The highest BCUT2D eigenvalue weighted by atomic mass is 35.5. The van der Waals surface area contributed by atoms with Gasteiger partial charge in [-0.3, -0.25) is 25.8 Å². The first-order chi connectivity index (χ1) is 10.9. The molecule has 0 bridgehead atoms. The molecule has 0 aromatic heterocycles. The van der Waals surface area contributed by atoms with E-state index in [0.29, 0.717) is 0 Å². The highest BCUT2D eigenvalue weighted by Crippen LogP contribution is 2.13. The molecule has 0 aliphatic rings. The molecule has 1 aromatic rings. The number of halogens is 1. The SMILES string of the molecule is CCOC(=O)/C=C/C(=O)NC(=S)NNC(=O)c1ccccc1Cl. The Morgan fingerprint density at radius 3 is 2.57 bits per heavy atom. The fourth-order valence-corrected chi connectivity index (χ4v) is 1.72. The van der Waals surface area contributed by atoms with Gasteiger partial charge in [0.25, 0.3) is 5.91 Å². The van der Waals surface area contributed by atoms with Gasteiger partial charge in [-0.15, -0.1) is 0 Å². The number of benzene rings is 1. The third-order valence-corrected chi connectivity index (χ3v) is 2.84. The van der Waals surface area contributed by atoms with Crippen molar-refractivity contribution < 1.29 is 19.1 Å². The van der Waals surface area contributed by atoms with E-state index < -0.39 is 17.8 Å². The van der Waals surface area contributed by atoms with Crippen LogP contribution in [0.2, 0.25) is 5.02 Å². The van der Waals surface area contributed by atoms with Gasteiger partial charge in [-0.1, -0.05) is 23.7 Å². The Hall–Kier alpha value is -2.45. The second kappa shape index (κ2) is 9.54. The molecule has 3 N–H and O–H groups in total. The molecular weight excluding hydrogens is 342 g/mol. The number of carbonyl (C=O) groups excluding carboxylic acids is 3. The van der Waals surface area contributed by atoms with Crippen molar-refractivity contribution in [3.8, 4) is 0 Å². The molecule has 9 heteroatoms. The molecule has 23 heavy (non-hydrogen) atoms. The van der Waals surface area contributed by atoms with E-state index in [9.17, 15) is 14.4 Å². The lowest BCUT2D eigenvalue weighted by molar-refractivity contribution is -0.137. The molecule has 0 unspecified atom stereocenters. The fourth-order valence-electron chi connectivity index (χ4n) is 1.35. The normalized spacial score (nSPS) is 10.0. The third kappa shape index (κ3) is 6.90. The topological polar surface area (TPSA) is 96.5 Å². The minimum absolute atomic E-state index is 0.149. The van der Waals surface area contributed by atoms with E-state index >= 15 is 0 Å². The molecule has 2 amide bonds. The van der Waals surface area contributed by atoms with Crippen molar-refractivity contribution in [3.63, 3.8) is 0 Å². The zero-order valence-corrected chi connectivity index (χ0v) is 13.7. The first kappa shape index (κ1) is 18.6. The van der Waals surface area contributed by atoms with Gasteiger partial charge >= 0.3 is 5.97 Å². The summed E-state index contributed by atoms with van der Waals surface area (Å²) in [5.74, 6) is -1.81. The van der Waals surface area contributed by atoms with Gasteiger partial charge in [-0.25, -0.2) is 4.79 Å². The molecule has 0 saturated heterocycles. The molecule has 1 aromatic carbocycles. The van der Waals surface area contributed by atoms with Crippen molar-refractivity contribution in [2.45, 2.75) is 6.92 Å². The quantitative estimate of drug-likeness (QED) is 0.324. The second-order valence-corrected chi connectivity index (χ2v) is 4.78. The first-order valence-electron chi connectivity index (χ1n) is 6.44. The number of hydrogen-bond donors (Lipinski definition) is 3. The second-order valence-electron chi connectivity index (χ2n) is 3.96. The summed E-state index contributed by atoms with van der Waals surface area (Å²) >= 11 is 10.7. The van der Waals surface area contributed by atoms with E-state index in [-0.39, 0.29) is 22.3 Å². The first-order valence-corrected chi connectivity index (χ1v) is 7.23. The smallest absolute Gasteiger partial charge is 0.330 e. The number of ether oxygens (including phenoxy) is 1. The van der Waals surface area contributed by atoms with E-state index in [1.165, 1.54) is 6.07 Å². The number of hydrogen-bond acceptors (Lipinski definition) is 5. The maximum absolute atomic E-state index is 11.8. The molecule has 0 atom stereocenters. The highest BCUT2D eigenvalue weighted by Gasteiger charge is 2.09. The van der Waals surface area contributed by atoms with Crippen LogP contribution in [0, 0.1) is 0 Å². The largest absolute Gasteiger partial charge is 0.463 e. The number of hydrazine groups is 1. The van der Waals surface area contributed by atoms with Crippen LogP contribution >= 0.6 is 23.8 Å². The predicted molar refractivity (Wildman–Crippen MR) is 88.6 cm³/mol. The molecule has 0 radical (unpaired) electrons. The van der Waals surface area contributed by atoms with Crippen LogP contribution in [0.5, 0.6) is 0 Å². The Labute approximate surface area is 143 Å². The Bertz CT molecular complexity index is 649. The lowest BCUT2D eigenvalue weighted by atomic mass is 10.2. The number of carbonyl (C=O) groups is 3. The van der Waals surface area contributed by atoms with Crippen molar-refractivity contribution >= 4 is 46.7 Å². The number of nitrogens with one attached hydrogen (secondary N) is 3. The zero-order valence-electron chi connectivity index (χ0n) is 12.1. The minimum atomic E-state index is -0.650. The summed E-state index contributed by atoms with van der Waals surface area (Å²) in [6.07, 6.45) is 1.92. The van der Waals surface area contributed by atoms with Crippen LogP contribution < -0.4 is 16.2 Å². The van der Waals surface area contributed by atoms with Gasteiger partial charge in [0.05, 0.1) is 17.2 Å². The van der Waals surface area contributed by atoms with Gasteiger partial charge in [0.1, 0.15) is 0 Å². The number of rotatable bonds is 4. The highest BCUT2D eigenvalue weighted by molar-refractivity contribution is 7.80. The Morgan fingerprint density at radius 2 is 1.91 bits per heavy atom. The Kier molecular flexibility index (Phi) is 7.72. The van der Waals surface area contributed by atoms with Gasteiger partial charge in [-0.05, 0) is 31.3 Å². The van der Waals surface area contributed by atoms with Crippen LogP contribution in [0.25, 0.3) is 0 Å². The zero-order chi connectivity index (χ0) is 17.2. The fraction of sp³-hybridized carbons (Fsp3) is 0.143. The van der Waals surface area contributed by atoms with E-state index in [0.717, 1.165) is 12.2 Å². The van der Waals surface area contributed by atoms with Crippen molar-refractivity contribution in [1.82, 2.24) is 16.2 Å².